The molecular weight excluding hydrogens is 365 g/mol. The first-order chi connectivity index (χ1) is 13.5. The molecule has 0 bridgehead atoms. The van der Waals surface area contributed by atoms with Crippen molar-refractivity contribution in [1.29, 1.82) is 0 Å². The van der Waals surface area contributed by atoms with Gasteiger partial charge < -0.3 is 9.64 Å². The lowest BCUT2D eigenvalue weighted by Gasteiger charge is -2.35. The van der Waals surface area contributed by atoms with E-state index < -0.39 is 4.92 Å². The third kappa shape index (κ3) is 4.83. The van der Waals surface area contributed by atoms with Crippen molar-refractivity contribution in [3.63, 3.8) is 0 Å². The fourth-order valence-corrected chi connectivity index (χ4v) is 3.29. The highest BCUT2D eigenvalue weighted by Gasteiger charge is 2.22. The van der Waals surface area contributed by atoms with Crippen molar-refractivity contribution < 1.29 is 18.8 Å². The normalized spacial score (nSPS) is 14.7. The van der Waals surface area contributed by atoms with E-state index >= 15 is 0 Å². The number of hydrogen-bond donors (Lipinski definition) is 0. The predicted molar refractivity (Wildman–Crippen MR) is 102 cm³/mol. The minimum Gasteiger partial charge on any atom is -0.496 e. The van der Waals surface area contributed by atoms with Crippen molar-refractivity contribution in [3.8, 4) is 5.75 Å². The van der Waals surface area contributed by atoms with Gasteiger partial charge in [-0.2, -0.15) is 0 Å². The van der Waals surface area contributed by atoms with E-state index in [1.165, 1.54) is 24.3 Å². The number of nitro groups is 1. The number of ether oxygens (including phenoxy) is 1. The highest BCUT2D eigenvalue weighted by atomic mass is 19.1. The summed E-state index contributed by atoms with van der Waals surface area (Å²) in [6.07, 6.45) is 0.218. The van der Waals surface area contributed by atoms with Crippen LogP contribution in [0, 0.1) is 15.9 Å². The fraction of sp³-hybridized carbons (Fsp3) is 0.350. The van der Waals surface area contributed by atoms with E-state index in [-0.39, 0.29) is 23.8 Å². The second kappa shape index (κ2) is 8.79. The molecule has 2 aromatic carbocycles. The first-order valence-electron chi connectivity index (χ1n) is 9.02. The van der Waals surface area contributed by atoms with Gasteiger partial charge in [0.1, 0.15) is 11.6 Å². The molecule has 28 heavy (non-hydrogen) atoms. The number of carbonyl (C=O) groups excluding carboxylic acids is 1. The predicted octanol–water partition coefficient (Wildman–Crippen LogP) is 2.63. The second-order valence-electron chi connectivity index (χ2n) is 6.71. The monoisotopic (exact) mass is 387 g/mol. The van der Waals surface area contributed by atoms with Gasteiger partial charge in [-0.1, -0.05) is 12.1 Å². The van der Waals surface area contributed by atoms with Crippen LogP contribution in [0.1, 0.15) is 11.1 Å². The number of rotatable bonds is 6. The number of piperazine rings is 1. The molecule has 7 nitrogen and oxygen atoms in total. The maximum atomic E-state index is 13.5. The zero-order valence-electron chi connectivity index (χ0n) is 15.6. The van der Waals surface area contributed by atoms with Gasteiger partial charge in [0.15, 0.2) is 0 Å². The summed E-state index contributed by atoms with van der Waals surface area (Å²) < 4.78 is 18.8. The van der Waals surface area contributed by atoms with Crippen LogP contribution in [0.25, 0.3) is 0 Å². The number of benzene rings is 2. The van der Waals surface area contributed by atoms with Crippen LogP contribution in [0.5, 0.6) is 5.75 Å². The van der Waals surface area contributed by atoms with E-state index in [0.717, 1.165) is 11.1 Å². The van der Waals surface area contributed by atoms with E-state index in [1.807, 2.05) is 0 Å². The lowest BCUT2D eigenvalue weighted by molar-refractivity contribution is -0.384. The van der Waals surface area contributed by atoms with Crippen molar-refractivity contribution >= 4 is 11.6 Å². The van der Waals surface area contributed by atoms with E-state index in [1.54, 1.807) is 30.2 Å². The Morgan fingerprint density at radius 2 is 1.82 bits per heavy atom. The SMILES string of the molecule is COc1ccc(F)cc1CN1CCN(C(=O)Cc2ccc([N+](=O)[O-])cc2)CC1. The van der Waals surface area contributed by atoms with Gasteiger partial charge >= 0.3 is 0 Å². The summed E-state index contributed by atoms with van der Waals surface area (Å²) in [6.45, 7) is 3.11. The summed E-state index contributed by atoms with van der Waals surface area (Å²) in [5, 5.41) is 10.7. The average molecular weight is 387 g/mol. The molecule has 3 rings (SSSR count). The summed E-state index contributed by atoms with van der Waals surface area (Å²) in [4.78, 5) is 26.7. The maximum Gasteiger partial charge on any atom is 0.269 e. The molecule has 0 atom stereocenters. The topological polar surface area (TPSA) is 75.9 Å². The summed E-state index contributed by atoms with van der Waals surface area (Å²) in [7, 11) is 1.56. The van der Waals surface area contributed by atoms with Gasteiger partial charge in [0.05, 0.1) is 18.5 Å². The molecular formula is C20H22FN3O4. The van der Waals surface area contributed by atoms with Gasteiger partial charge in [0, 0.05) is 50.4 Å². The summed E-state index contributed by atoms with van der Waals surface area (Å²) in [5.41, 5.74) is 1.55. The number of carbonyl (C=O) groups is 1. The van der Waals surface area contributed by atoms with Crippen LogP contribution < -0.4 is 4.74 Å². The Labute approximate surface area is 162 Å². The number of non-ortho nitro benzene ring substituents is 1. The standard InChI is InChI=1S/C20H22FN3O4/c1-28-19-7-4-17(21)13-16(19)14-22-8-10-23(11-9-22)20(25)12-15-2-5-18(6-3-15)24(26)27/h2-7,13H,8-12,14H2,1H3. The molecule has 148 valence electrons. The van der Waals surface area contributed by atoms with Crippen molar-refractivity contribution in [2.75, 3.05) is 33.3 Å². The van der Waals surface area contributed by atoms with Gasteiger partial charge in [-0.25, -0.2) is 4.39 Å². The van der Waals surface area contributed by atoms with Crippen molar-refractivity contribution in [2.24, 2.45) is 0 Å². The van der Waals surface area contributed by atoms with Crippen LogP contribution in [0.2, 0.25) is 0 Å². The third-order valence-corrected chi connectivity index (χ3v) is 4.86. The number of nitrogens with zero attached hydrogens (tertiary/aromatic N) is 3. The van der Waals surface area contributed by atoms with E-state index in [9.17, 15) is 19.3 Å². The minimum absolute atomic E-state index is 0.00293. The number of nitro benzene ring substituents is 1. The van der Waals surface area contributed by atoms with Gasteiger partial charge in [-0.05, 0) is 23.8 Å². The van der Waals surface area contributed by atoms with Crippen molar-refractivity contribution in [2.45, 2.75) is 13.0 Å². The number of halogens is 1. The Kier molecular flexibility index (Phi) is 6.20. The molecule has 0 spiro atoms. The van der Waals surface area contributed by atoms with E-state index in [0.29, 0.717) is 38.5 Å². The van der Waals surface area contributed by atoms with Crippen LogP contribution in [0.4, 0.5) is 10.1 Å². The van der Waals surface area contributed by atoms with Crippen molar-refractivity contribution in [1.82, 2.24) is 9.80 Å². The van der Waals surface area contributed by atoms with Crippen LogP contribution in [-0.2, 0) is 17.8 Å². The maximum absolute atomic E-state index is 13.5. The Balaban J connectivity index is 1.53. The Hall–Kier alpha value is -3.00. The first kappa shape index (κ1) is 19.8. The molecule has 8 heteroatoms. The van der Waals surface area contributed by atoms with Crippen LogP contribution >= 0.6 is 0 Å². The van der Waals surface area contributed by atoms with Crippen LogP contribution in [-0.4, -0.2) is 53.9 Å². The second-order valence-corrected chi connectivity index (χ2v) is 6.71. The number of hydrogen-bond acceptors (Lipinski definition) is 5. The Bertz CT molecular complexity index is 849. The Morgan fingerprint density at radius 1 is 1.14 bits per heavy atom. The van der Waals surface area contributed by atoms with Crippen LogP contribution in [0.3, 0.4) is 0 Å². The molecule has 0 N–H and O–H groups in total. The molecule has 1 heterocycles. The fourth-order valence-electron chi connectivity index (χ4n) is 3.29. The van der Waals surface area contributed by atoms with Gasteiger partial charge in [0.2, 0.25) is 5.91 Å². The smallest absolute Gasteiger partial charge is 0.269 e. The molecule has 0 saturated carbocycles. The molecule has 1 aliphatic heterocycles. The number of methoxy groups -OCH3 is 1. The summed E-state index contributed by atoms with van der Waals surface area (Å²) in [6, 6.07) is 10.5. The van der Waals surface area contributed by atoms with E-state index in [2.05, 4.69) is 4.90 Å². The molecule has 0 aliphatic carbocycles. The molecule has 1 aliphatic rings. The van der Waals surface area contributed by atoms with Crippen molar-refractivity contribution in [3.05, 3.63) is 69.5 Å². The molecule has 1 saturated heterocycles. The van der Waals surface area contributed by atoms with Gasteiger partial charge in [-0.15, -0.1) is 0 Å². The molecule has 0 radical (unpaired) electrons. The number of amides is 1. The lowest BCUT2D eigenvalue weighted by Crippen LogP contribution is -2.48. The zero-order chi connectivity index (χ0) is 20.1. The average Bonchev–Trinajstić information content (AvgIpc) is 2.69. The molecule has 2 aromatic rings. The zero-order valence-corrected chi connectivity index (χ0v) is 15.6. The van der Waals surface area contributed by atoms with Gasteiger partial charge in [-0.3, -0.25) is 19.8 Å². The van der Waals surface area contributed by atoms with Gasteiger partial charge in [0.25, 0.3) is 5.69 Å². The summed E-state index contributed by atoms with van der Waals surface area (Å²) >= 11 is 0. The lowest BCUT2D eigenvalue weighted by atomic mass is 10.1. The largest absolute Gasteiger partial charge is 0.496 e. The molecule has 0 unspecified atom stereocenters. The molecule has 1 fully saturated rings. The summed E-state index contributed by atoms with van der Waals surface area (Å²) in [5.74, 6) is 0.350. The first-order valence-corrected chi connectivity index (χ1v) is 9.02. The van der Waals surface area contributed by atoms with E-state index in [4.69, 9.17) is 4.74 Å². The third-order valence-electron chi connectivity index (χ3n) is 4.86. The van der Waals surface area contributed by atoms with Crippen LogP contribution in [0.15, 0.2) is 42.5 Å². The molecule has 1 amide bonds. The molecule has 0 aromatic heterocycles. The Morgan fingerprint density at radius 3 is 2.43 bits per heavy atom. The highest BCUT2D eigenvalue weighted by molar-refractivity contribution is 5.79. The minimum atomic E-state index is -0.460. The highest BCUT2D eigenvalue weighted by Crippen LogP contribution is 2.22. The quantitative estimate of drug-likeness (QED) is 0.563.